The van der Waals surface area contributed by atoms with E-state index in [1.165, 1.54) is 0 Å². The lowest BCUT2D eigenvalue weighted by Gasteiger charge is -1.97. The number of halogens is 1. The minimum atomic E-state index is -0.569. The van der Waals surface area contributed by atoms with Crippen molar-refractivity contribution in [1.82, 2.24) is 9.97 Å². The Morgan fingerprint density at radius 2 is 2.07 bits per heavy atom. The average Bonchev–Trinajstić information content (AvgIpc) is 2.61. The second kappa shape index (κ2) is 3.74. The average molecular weight is 222 g/mol. The van der Waals surface area contributed by atoms with Crippen LogP contribution in [0, 0.1) is 0 Å². The van der Waals surface area contributed by atoms with Crippen molar-refractivity contribution >= 4 is 17.5 Å². The van der Waals surface area contributed by atoms with Crippen LogP contribution < -0.4 is 5.73 Å². The van der Waals surface area contributed by atoms with E-state index in [0.717, 1.165) is 11.1 Å². The third kappa shape index (κ3) is 1.71. The zero-order valence-electron chi connectivity index (χ0n) is 7.70. The van der Waals surface area contributed by atoms with Crippen LogP contribution in [0.2, 0.25) is 5.02 Å². The maximum Gasteiger partial charge on any atom is 0.266 e. The number of aromatic nitrogens is 2. The van der Waals surface area contributed by atoms with Gasteiger partial charge >= 0.3 is 0 Å². The Kier molecular flexibility index (Phi) is 2.43. The Balaban J connectivity index is 2.52. The molecule has 3 N–H and O–H groups in total. The topological polar surface area (TPSA) is 71.8 Å². The normalized spacial score (nSPS) is 10.2. The SMILES string of the molecule is NC(=O)c1[nH]cc(-c2ccncc2)c1Cl. The van der Waals surface area contributed by atoms with Gasteiger partial charge in [-0.3, -0.25) is 9.78 Å². The van der Waals surface area contributed by atoms with Gasteiger partial charge in [0, 0.05) is 24.2 Å². The van der Waals surface area contributed by atoms with Gasteiger partial charge in [-0.25, -0.2) is 0 Å². The fourth-order valence-electron chi connectivity index (χ4n) is 1.33. The smallest absolute Gasteiger partial charge is 0.266 e. The van der Waals surface area contributed by atoms with Crippen LogP contribution in [0.3, 0.4) is 0 Å². The quantitative estimate of drug-likeness (QED) is 0.812. The number of rotatable bonds is 2. The number of carbonyl (C=O) groups is 1. The summed E-state index contributed by atoms with van der Waals surface area (Å²) >= 11 is 6.00. The van der Waals surface area contributed by atoms with Crippen LogP contribution in [0.25, 0.3) is 11.1 Å². The van der Waals surface area contributed by atoms with Gasteiger partial charge in [0.15, 0.2) is 0 Å². The number of carbonyl (C=O) groups excluding carboxylic acids is 1. The summed E-state index contributed by atoms with van der Waals surface area (Å²) in [6, 6.07) is 3.61. The number of nitrogens with zero attached hydrogens (tertiary/aromatic N) is 1. The molecule has 0 radical (unpaired) electrons. The molecule has 0 fully saturated rings. The highest BCUT2D eigenvalue weighted by Crippen LogP contribution is 2.29. The summed E-state index contributed by atoms with van der Waals surface area (Å²) in [7, 11) is 0. The predicted octanol–water partition coefficient (Wildman–Crippen LogP) is 1.83. The minimum Gasteiger partial charge on any atom is -0.364 e. The predicted molar refractivity (Wildman–Crippen MR) is 57.6 cm³/mol. The molecule has 76 valence electrons. The van der Waals surface area contributed by atoms with Crippen molar-refractivity contribution in [2.24, 2.45) is 5.73 Å². The summed E-state index contributed by atoms with van der Waals surface area (Å²) in [5, 5.41) is 0.341. The van der Waals surface area contributed by atoms with Gasteiger partial charge in [0.25, 0.3) is 5.91 Å². The number of H-pyrrole nitrogens is 1. The molecular weight excluding hydrogens is 214 g/mol. The van der Waals surface area contributed by atoms with Crippen LogP contribution in [-0.4, -0.2) is 15.9 Å². The number of pyridine rings is 1. The second-order valence-electron chi connectivity index (χ2n) is 2.99. The lowest BCUT2D eigenvalue weighted by molar-refractivity contribution is 0.0996. The van der Waals surface area contributed by atoms with E-state index in [0.29, 0.717) is 5.02 Å². The first-order valence-electron chi connectivity index (χ1n) is 4.27. The number of nitrogens with two attached hydrogens (primary N) is 1. The van der Waals surface area contributed by atoms with E-state index in [1.54, 1.807) is 30.7 Å². The van der Waals surface area contributed by atoms with Gasteiger partial charge in [0.2, 0.25) is 0 Å². The van der Waals surface area contributed by atoms with E-state index >= 15 is 0 Å². The van der Waals surface area contributed by atoms with Crippen molar-refractivity contribution in [3.63, 3.8) is 0 Å². The third-order valence-electron chi connectivity index (χ3n) is 2.05. The molecule has 0 saturated carbocycles. The summed E-state index contributed by atoms with van der Waals surface area (Å²) in [6.07, 6.45) is 4.96. The van der Waals surface area contributed by atoms with Crippen molar-refractivity contribution in [3.8, 4) is 11.1 Å². The van der Waals surface area contributed by atoms with Gasteiger partial charge in [-0.15, -0.1) is 0 Å². The van der Waals surface area contributed by atoms with Crippen molar-refractivity contribution in [1.29, 1.82) is 0 Å². The number of hydrogen-bond donors (Lipinski definition) is 2. The summed E-state index contributed by atoms with van der Waals surface area (Å²) in [6.45, 7) is 0. The van der Waals surface area contributed by atoms with E-state index in [4.69, 9.17) is 17.3 Å². The largest absolute Gasteiger partial charge is 0.364 e. The van der Waals surface area contributed by atoms with Gasteiger partial charge in [-0.1, -0.05) is 11.6 Å². The van der Waals surface area contributed by atoms with Crippen molar-refractivity contribution in [2.45, 2.75) is 0 Å². The number of aromatic amines is 1. The Morgan fingerprint density at radius 1 is 1.40 bits per heavy atom. The molecule has 0 aromatic carbocycles. The molecule has 15 heavy (non-hydrogen) atoms. The highest BCUT2D eigenvalue weighted by molar-refractivity contribution is 6.36. The number of primary amides is 1. The van der Waals surface area contributed by atoms with Crippen LogP contribution in [0.1, 0.15) is 10.5 Å². The first-order valence-corrected chi connectivity index (χ1v) is 4.65. The molecule has 2 heterocycles. The lowest BCUT2D eigenvalue weighted by Crippen LogP contribution is -2.11. The molecule has 0 aliphatic heterocycles. The minimum absolute atomic E-state index is 0.225. The molecule has 2 aromatic rings. The van der Waals surface area contributed by atoms with E-state index in [9.17, 15) is 4.79 Å². The molecule has 0 aliphatic carbocycles. The van der Waals surface area contributed by atoms with Gasteiger partial charge in [-0.2, -0.15) is 0 Å². The molecule has 0 saturated heterocycles. The Hall–Kier alpha value is -1.81. The summed E-state index contributed by atoms with van der Waals surface area (Å²) < 4.78 is 0. The molecule has 5 heteroatoms. The Morgan fingerprint density at radius 3 is 2.60 bits per heavy atom. The number of hydrogen-bond acceptors (Lipinski definition) is 2. The van der Waals surface area contributed by atoms with Crippen LogP contribution in [0.15, 0.2) is 30.7 Å². The Labute approximate surface area is 91.1 Å². The van der Waals surface area contributed by atoms with E-state index in [-0.39, 0.29) is 5.69 Å². The summed E-state index contributed by atoms with van der Waals surface area (Å²) in [5.41, 5.74) is 7.00. The van der Waals surface area contributed by atoms with Gasteiger partial charge < -0.3 is 10.7 Å². The fraction of sp³-hybridized carbons (Fsp3) is 0. The molecular formula is C10H8ClN3O. The van der Waals surface area contributed by atoms with Crippen molar-refractivity contribution in [3.05, 3.63) is 41.4 Å². The third-order valence-corrected chi connectivity index (χ3v) is 2.45. The van der Waals surface area contributed by atoms with E-state index in [1.807, 2.05) is 0 Å². The zero-order chi connectivity index (χ0) is 10.8. The van der Waals surface area contributed by atoms with Crippen LogP contribution >= 0.6 is 11.6 Å². The van der Waals surface area contributed by atoms with Gasteiger partial charge in [0.1, 0.15) is 5.69 Å². The highest BCUT2D eigenvalue weighted by atomic mass is 35.5. The zero-order valence-corrected chi connectivity index (χ0v) is 8.45. The molecule has 4 nitrogen and oxygen atoms in total. The standard InChI is InChI=1S/C10H8ClN3O/c11-8-7(5-14-9(8)10(12)15)6-1-3-13-4-2-6/h1-5,14H,(H2,12,15). The summed E-state index contributed by atoms with van der Waals surface area (Å²) in [5.74, 6) is -0.569. The second-order valence-corrected chi connectivity index (χ2v) is 3.37. The number of amides is 1. The van der Waals surface area contributed by atoms with Crippen LogP contribution in [0.4, 0.5) is 0 Å². The van der Waals surface area contributed by atoms with Crippen molar-refractivity contribution in [2.75, 3.05) is 0 Å². The molecule has 2 rings (SSSR count). The van der Waals surface area contributed by atoms with Crippen molar-refractivity contribution < 1.29 is 4.79 Å². The summed E-state index contributed by atoms with van der Waals surface area (Å²) in [4.78, 5) is 17.6. The highest BCUT2D eigenvalue weighted by Gasteiger charge is 2.14. The molecule has 0 unspecified atom stereocenters. The maximum atomic E-state index is 11.0. The van der Waals surface area contributed by atoms with E-state index in [2.05, 4.69) is 9.97 Å². The monoisotopic (exact) mass is 221 g/mol. The molecule has 0 aliphatic rings. The Bertz CT molecular complexity index is 493. The molecule has 2 aromatic heterocycles. The maximum absolute atomic E-state index is 11.0. The fourth-order valence-corrected chi connectivity index (χ4v) is 1.64. The van der Waals surface area contributed by atoms with E-state index < -0.39 is 5.91 Å². The van der Waals surface area contributed by atoms with Gasteiger partial charge in [0.05, 0.1) is 5.02 Å². The molecule has 0 atom stereocenters. The molecule has 1 amide bonds. The molecule has 0 spiro atoms. The van der Waals surface area contributed by atoms with Gasteiger partial charge in [-0.05, 0) is 17.7 Å². The number of nitrogens with one attached hydrogen (secondary N) is 1. The first-order chi connectivity index (χ1) is 7.20. The molecule has 0 bridgehead atoms. The lowest BCUT2D eigenvalue weighted by atomic mass is 10.1. The first kappa shape index (κ1) is 9.73. The van der Waals surface area contributed by atoms with Crippen LogP contribution in [-0.2, 0) is 0 Å². The van der Waals surface area contributed by atoms with Crippen LogP contribution in [0.5, 0.6) is 0 Å².